The van der Waals surface area contributed by atoms with Crippen molar-refractivity contribution in [3.63, 3.8) is 0 Å². The van der Waals surface area contributed by atoms with E-state index in [-0.39, 0.29) is 25.3 Å². The minimum atomic E-state index is -1.05. The molecule has 11 nitrogen and oxygen atoms in total. The summed E-state index contributed by atoms with van der Waals surface area (Å²) < 4.78 is 40.9. The number of morpholine rings is 2. The van der Waals surface area contributed by atoms with E-state index in [0.717, 1.165) is 0 Å². The van der Waals surface area contributed by atoms with Crippen LogP contribution in [0.4, 0.5) is 36.8 Å². The molecule has 0 radical (unpaired) electrons. The van der Waals surface area contributed by atoms with Crippen molar-refractivity contribution >= 4 is 29.3 Å². The number of carbonyl (C=O) groups is 1. The highest BCUT2D eigenvalue weighted by molar-refractivity contribution is 5.99. The van der Waals surface area contributed by atoms with E-state index >= 15 is 0 Å². The first-order valence-corrected chi connectivity index (χ1v) is 13.4. The van der Waals surface area contributed by atoms with Crippen LogP contribution in [0.5, 0.6) is 0 Å². The molecule has 6 atom stereocenters. The molecule has 4 bridgehead atoms. The number of benzene rings is 1. The fraction of sp³-hybridized carbons (Fsp3) is 0.444. The second-order valence-corrected chi connectivity index (χ2v) is 10.5. The summed E-state index contributed by atoms with van der Waals surface area (Å²) in [5, 5.41) is 5.51. The first-order chi connectivity index (χ1) is 19.5. The van der Waals surface area contributed by atoms with Crippen LogP contribution >= 0.6 is 0 Å². The zero-order valence-corrected chi connectivity index (χ0v) is 21.5. The van der Waals surface area contributed by atoms with Crippen LogP contribution < -0.4 is 20.4 Å². The second kappa shape index (κ2) is 10.2. The number of halogens is 2. The van der Waals surface area contributed by atoms with Gasteiger partial charge in [-0.25, -0.2) is 13.6 Å². The van der Waals surface area contributed by atoms with E-state index in [1.54, 1.807) is 48.8 Å². The molecule has 2 N–H and O–H groups in total. The minimum Gasteiger partial charge on any atom is -0.377 e. The lowest BCUT2D eigenvalue weighted by Crippen LogP contribution is -2.50. The first-order valence-electron chi connectivity index (χ1n) is 13.4. The van der Waals surface area contributed by atoms with E-state index in [4.69, 9.17) is 24.4 Å². The molecule has 3 aromatic rings. The quantitative estimate of drug-likeness (QED) is 0.494. The van der Waals surface area contributed by atoms with Crippen LogP contribution in [0.1, 0.15) is 12.8 Å². The number of ether oxygens (including phenoxy) is 2. The third kappa shape index (κ3) is 4.58. The Labute approximate surface area is 228 Å². The van der Waals surface area contributed by atoms with Gasteiger partial charge in [0.05, 0.1) is 62.5 Å². The van der Waals surface area contributed by atoms with Crippen molar-refractivity contribution in [1.29, 1.82) is 0 Å². The van der Waals surface area contributed by atoms with Crippen molar-refractivity contribution in [2.75, 3.05) is 46.9 Å². The van der Waals surface area contributed by atoms with Gasteiger partial charge in [-0.3, -0.25) is 4.98 Å². The number of pyridine rings is 1. The number of carbonyl (C=O) groups excluding carboxylic acids is 1. The average Bonchev–Trinajstić information content (AvgIpc) is 3.28. The zero-order chi connectivity index (χ0) is 27.2. The van der Waals surface area contributed by atoms with Gasteiger partial charge in [0.2, 0.25) is 11.9 Å². The van der Waals surface area contributed by atoms with E-state index in [0.29, 0.717) is 60.7 Å². The van der Waals surface area contributed by atoms with Gasteiger partial charge in [-0.15, -0.1) is 0 Å². The molecule has 2 aromatic heterocycles. The number of urea groups is 1. The lowest BCUT2D eigenvalue weighted by Gasteiger charge is -2.37. The molecule has 1 aromatic carbocycles. The number of anilines is 4. The summed E-state index contributed by atoms with van der Waals surface area (Å²) >= 11 is 0. The molecule has 208 valence electrons. The topological polar surface area (TPSA) is 118 Å². The fourth-order valence-corrected chi connectivity index (χ4v) is 6.04. The molecule has 4 aliphatic heterocycles. The van der Waals surface area contributed by atoms with Gasteiger partial charge in [0.15, 0.2) is 5.82 Å². The molecule has 0 aliphatic carbocycles. The molecule has 7 rings (SSSR count). The molecular weight excluding hydrogens is 522 g/mol. The molecule has 4 saturated heterocycles. The molecule has 0 spiro atoms. The highest BCUT2D eigenvalue weighted by Crippen LogP contribution is 2.38. The van der Waals surface area contributed by atoms with Crippen molar-refractivity contribution in [2.45, 2.75) is 49.4 Å². The molecule has 0 saturated carbocycles. The van der Waals surface area contributed by atoms with E-state index in [9.17, 15) is 13.6 Å². The number of hydrogen-bond acceptors (Lipinski definition) is 9. The molecule has 0 unspecified atom stereocenters. The molecular formula is C27H28F2N8O3. The minimum absolute atomic E-state index is 0.183. The summed E-state index contributed by atoms with van der Waals surface area (Å²) in [7, 11) is 0. The molecule has 2 amide bonds. The van der Waals surface area contributed by atoms with Crippen LogP contribution in [0.25, 0.3) is 11.4 Å². The van der Waals surface area contributed by atoms with E-state index in [1.807, 2.05) is 9.80 Å². The van der Waals surface area contributed by atoms with Gasteiger partial charge in [-0.05, 0) is 36.4 Å². The Morgan fingerprint density at radius 1 is 0.800 bits per heavy atom. The molecule has 6 heterocycles. The maximum absolute atomic E-state index is 14.9. The van der Waals surface area contributed by atoms with Crippen LogP contribution in [0, 0.1) is 0 Å². The van der Waals surface area contributed by atoms with Crippen LogP contribution in [0.3, 0.4) is 0 Å². The fourth-order valence-electron chi connectivity index (χ4n) is 6.04. The number of rotatable bonds is 5. The summed E-state index contributed by atoms with van der Waals surface area (Å²) in [4.78, 5) is 34.5. The summed E-state index contributed by atoms with van der Waals surface area (Å²) in [6.45, 7) is 1.30. The number of nitrogens with one attached hydrogen (secondary N) is 2. The van der Waals surface area contributed by atoms with Crippen molar-refractivity contribution in [1.82, 2.24) is 19.9 Å². The Morgan fingerprint density at radius 2 is 1.40 bits per heavy atom. The monoisotopic (exact) mass is 550 g/mol. The summed E-state index contributed by atoms with van der Waals surface area (Å²) in [5.41, 5.74) is 1.82. The predicted molar refractivity (Wildman–Crippen MR) is 143 cm³/mol. The highest BCUT2D eigenvalue weighted by Gasteiger charge is 2.49. The molecule has 13 heteroatoms. The Bertz CT molecular complexity index is 1330. The van der Waals surface area contributed by atoms with E-state index in [2.05, 4.69) is 15.6 Å². The summed E-state index contributed by atoms with van der Waals surface area (Å²) in [6.07, 6.45) is 1.77. The van der Waals surface area contributed by atoms with Crippen molar-refractivity contribution in [3.8, 4) is 11.4 Å². The van der Waals surface area contributed by atoms with Gasteiger partial charge in [0.25, 0.3) is 0 Å². The maximum Gasteiger partial charge on any atom is 0.323 e. The average molecular weight is 551 g/mol. The summed E-state index contributed by atoms with van der Waals surface area (Å²) in [6, 6.07) is 8.80. The standard InChI is InChI=1S/C27H28F2N8O3/c28-20-8-18-11-39-13-22(20)36(18)25-33-24(34-26(35-25)37-19-9-21(29)23(37)14-40-12-19)15-3-5-16(6-4-15)31-27(38)32-17-2-1-7-30-10-17/h1-7,10,18-23H,8-9,11-14H2,(H2,31,32,38)/t18-,19-,20-,21-,22-,23-/m0/s1. The SMILES string of the molecule is O=C(Nc1ccc(-c2nc(N3[C@@H]4COC[C@H]3[C@@H](F)C4)nc(N3[C@@H]4COC[C@H]3[C@@H](F)C4)n2)cc1)Nc1cccnc1. The maximum atomic E-state index is 14.9. The number of amides is 2. The third-order valence-electron chi connectivity index (χ3n) is 7.92. The first kappa shape index (κ1) is 25.0. The van der Waals surface area contributed by atoms with Gasteiger partial charge in [-0.2, -0.15) is 15.0 Å². The predicted octanol–water partition coefficient (Wildman–Crippen LogP) is 3.21. The number of fused-ring (bicyclic) bond motifs is 4. The largest absolute Gasteiger partial charge is 0.377 e. The van der Waals surface area contributed by atoms with E-state index in [1.165, 1.54) is 0 Å². The van der Waals surface area contributed by atoms with E-state index < -0.39 is 30.5 Å². The Hall–Kier alpha value is -3.97. The van der Waals surface area contributed by atoms with Crippen molar-refractivity contribution < 1.29 is 23.0 Å². The number of nitrogens with zero attached hydrogens (tertiary/aromatic N) is 6. The molecule has 4 aliphatic rings. The lowest BCUT2D eigenvalue weighted by molar-refractivity contribution is 0.0810. The Balaban J connectivity index is 1.19. The second-order valence-electron chi connectivity index (χ2n) is 10.5. The highest BCUT2D eigenvalue weighted by atomic mass is 19.1. The van der Waals surface area contributed by atoms with Gasteiger partial charge in [0.1, 0.15) is 12.3 Å². The normalized spacial score (nSPS) is 28.9. The van der Waals surface area contributed by atoms with Gasteiger partial charge >= 0.3 is 6.03 Å². The molecule has 4 fully saturated rings. The van der Waals surface area contributed by atoms with Gasteiger partial charge in [-0.1, -0.05) is 0 Å². The number of hydrogen-bond donors (Lipinski definition) is 2. The van der Waals surface area contributed by atoms with Gasteiger partial charge in [0, 0.05) is 30.3 Å². The zero-order valence-electron chi connectivity index (χ0n) is 21.5. The van der Waals surface area contributed by atoms with Crippen LogP contribution in [-0.4, -0.2) is 88.9 Å². The molecule has 40 heavy (non-hydrogen) atoms. The number of alkyl halides is 2. The van der Waals surface area contributed by atoms with Crippen LogP contribution in [0.2, 0.25) is 0 Å². The Kier molecular flexibility index (Phi) is 6.39. The van der Waals surface area contributed by atoms with Crippen LogP contribution in [-0.2, 0) is 9.47 Å². The number of aromatic nitrogens is 4. The lowest BCUT2D eigenvalue weighted by atomic mass is 10.2. The smallest absolute Gasteiger partial charge is 0.323 e. The van der Waals surface area contributed by atoms with Crippen LogP contribution in [0.15, 0.2) is 48.8 Å². The summed E-state index contributed by atoms with van der Waals surface area (Å²) in [5.74, 6) is 1.10. The van der Waals surface area contributed by atoms with Crippen molar-refractivity contribution in [2.24, 2.45) is 0 Å². The van der Waals surface area contributed by atoms with Crippen molar-refractivity contribution in [3.05, 3.63) is 48.8 Å². The third-order valence-corrected chi connectivity index (χ3v) is 7.92. The Morgan fingerprint density at radius 3 is 1.95 bits per heavy atom. The van der Waals surface area contributed by atoms with Gasteiger partial charge < -0.3 is 29.9 Å².